The number of anilines is 1. The minimum absolute atomic E-state index is 0.370. The second kappa shape index (κ2) is 4.66. The zero-order chi connectivity index (χ0) is 10.6. The van der Waals surface area contributed by atoms with Gasteiger partial charge < -0.3 is 20.6 Å². The highest BCUT2D eigenvalue weighted by molar-refractivity contribution is 5.73. The fraction of sp³-hybridized carbons (Fsp3) is 0.444. The molecule has 0 fully saturated rings. The second-order valence-electron chi connectivity index (χ2n) is 3.07. The number of hydrogen-bond acceptors (Lipinski definition) is 4. The predicted molar refractivity (Wildman–Crippen MR) is 52.2 cm³/mol. The summed E-state index contributed by atoms with van der Waals surface area (Å²) in [6.45, 7) is 2.33. The van der Waals surface area contributed by atoms with Crippen molar-refractivity contribution in [1.82, 2.24) is 0 Å². The van der Waals surface area contributed by atoms with Crippen LogP contribution in [0.15, 0.2) is 16.5 Å². The van der Waals surface area contributed by atoms with E-state index in [9.17, 15) is 4.79 Å². The number of carbonyl (C=O) groups is 1. The molecule has 0 aliphatic carbocycles. The zero-order valence-electron chi connectivity index (χ0n) is 7.99. The summed E-state index contributed by atoms with van der Waals surface area (Å²) in [5.74, 6) is 0.470. The van der Waals surface area contributed by atoms with Crippen molar-refractivity contribution < 1.29 is 14.3 Å². The molecule has 0 aliphatic rings. The quantitative estimate of drug-likeness (QED) is 0.651. The Balaban J connectivity index is 2.25. The monoisotopic (exact) mass is 198 g/mol. The van der Waals surface area contributed by atoms with Crippen molar-refractivity contribution in [3.8, 4) is 0 Å². The number of nitrogens with one attached hydrogen (secondary N) is 1. The molecular formula is C9H14N2O3. The Morgan fingerprint density at radius 1 is 1.71 bits per heavy atom. The smallest absolute Gasteiger partial charge is 0.320 e. The number of aryl methyl sites for hydroxylation is 1. The first-order valence-corrected chi connectivity index (χ1v) is 4.38. The van der Waals surface area contributed by atoms with Crippen LogP contribution in [0.1, 0.15) is 12.2 Å². The van der Waals surface area contributed by atoms with Gasteiger partial charge >= 0.3 is 5.97 Å². The van der Waals surface area contributed by atoms with E-state index in [0.717, 1.165) is 5.76 Å². The maximum absolute atomic E-state index is 10.4. The third kappa shape index (κ3) is 3.10. The van der Waals surface area contributed by atoms with Crippen molar-refractivity contribution >= 4 is 11.9 Å². The van der Waals surface area contributed by atoms with Gasteiger partial charge in [-0.15, -0.1) is 0 Å². The lowest BCUT2D eigenvalue weighted by Gasteiger charge is -2.06. The van der Waals surface area contributed by atoms with Crippen LogP contribution in [0.3, 0.4) is 0 Å². The standard InChI is InChI=1S/C9H14N2O3/c1-6-2-3-8(14-6)11-5-4-7(10)9(12)13/h2-3,7,11H,4-5,10H2,1H3,(H,12,13). The predicted octanol–water partition coefficient (Wildman–Crippen LogP) is 0.802. The molecule has 0 spiro atoms. The normalized spacial score (nSPS) is 12.4. The van der Waals surface area contributed by atoms with Crippen molar-refractivity contribution in [2.75, 3.05) is 11.9 Å². The Bertz CT molecular complexity index is 309. The Morgan fingerprint density at radius 3 is 2.93 bits per heavy atom. The summed E-state index contributed by atoms with van der Waals surface area (Å²) in [6, 6.07) is 2.81. The molecular weight excluding hydrogens is 184 g/mol. The molecule has 0 amide bonds. The van der Waals surface area contributed by atoms with Gasteiger partial charge in [-0.25, -0.2) is 0 Å². The van der Waals surface area contributed by atoms with Gasteiger partial charge in [0.1, 0.15) is 11.8 Å². The van der Waals surface area contributed by atoms with E-state index in [0.29, 0.717) is 18.8 Å². The van der Waals surface area contributed by atoms with Gasteiger partial charge in [0.05, 0.1) is 0 Å². The Morgan fingerprint density at radius 2 is 2.43 bits per heavy atom. The van der Waals surface area contributed by atoms with E-state index in [1.165, 1.54) is 0 Å². The van der Waals surface area contributed by atoms with Crippen LogP contribution in [0.2, 0.25) is 0 Å². The zero-order valence-corrected chi connectivity index (χ0v) is 7.99. The average Bonchev–Trinajstić information content (AvgIpc) is 2.51. The number of carboxylic acid groups (broad SMARTS) is 1. The van der Waals surface area contributed by atoms with E-state index in [-0.39, 0.29) is 0 Å². The fourth-order valence-corrected chi connectivity index (χ4v) is 1.00. The van der Waals surface area contributed by atoms with Crippen LogP contribution < -0.4 is 11.1 Å². The Hall–Kier alpha value is -1.49. The molecule has 1 aromatic rings. The van der Waals surface area contributed by atoms with Crippen LogP contribution >= 0.6 is 0 Å². The van der Waals surface area contributed by atoms with E-state index in [4.69, 9.17) is 15.3 Å². The number of rotatable bonds is 5. The molecule has 1 aromatic heterocycles. The maximum atomic E-state index is 10.4. The van der Waals surface area contributed by atoms with E-state index >= 15 is 0 Å². The van der Waals surface area contributed by atoms with Gasteiger partial charge in [-0.2, -0.15) is 0 Å². The Kier molecular flexibility index (Phi) is 3.53. The molecule has 0 saturated heterocycles. The molecule has 14 heavy (non-hydrogen) atoms. The van der Waals surface area contributed by atoms with Crippen molar-refractivity contribution in [1.29, 1.82) is 0 Å². The lowest BCUT2D eigenvalue weighted by Crippen LogP contribution is -2.32. The summed E-state index contributed by atoms with van der Waals surface area (Å²) in [5.41, 5.74) is 5.32. The first-order chi connectivity index (χ1) is 6.59. The molecule has 1 rings (SSSR count). The first-order valence-electron chi connectivity index (χ1n) is 4.38. The molecule has 5 heteroatoms. The fourth-order valence-electron chi connectivity index (χ4n) is 1.00. The number of furan rings is 1. The number of carboxylic acids is 1. The third-order valence-electron chi connectivity index (χ3n) is 1.81. The van der Waals surface area contributed by atoms with Crippen LogP contribution in [-0.2, 0) is 4.79 Å². The van der Waals surface area contributed by atoms with Crippen molar-refractivity contribution in [2.24, 2.45) is 5.73 Å². The topological polar surface area (TPSA) is 88.5 Å². The maximum Gasteiger partial charge on any atom is 0.320 e. The summed E-state index contributed by atoms with van der Waals surface area (Å²) in [4.78, 5) is 10.4. The summed E-state index contributed by atoms with van der Waals surface area (Å²) >= 11 is 0. The second-order valence-corrected chi connectivity index (χ2v) is 3.07. The summed E-state index contributed by atoms with van der Waals surface area (Å²) in [6.07, 6.45) is 0.370. The van der Waals surface area contributed by atoms with Crippen LogP contribution in [0, 0.1) is 6.92 Å². The highest BCUT2D eigenvalue weighted by Crippen LogP contribution is 2.11. The first kappa shape index (κ1) is 10.6. The molecule has 1 atom stereocenters. The molecule has 78 valence electrons. The summed E-state index contributed by atoms with van der Waals surface area (Å²) in [5, 5.41) is 11.4. The van der Waals surface area contributed by atoms with E-state index in [1.54, 1.807) is 6.07 Å². The van der Waals surface area contributed by atoms with Crippen LogP contribution in [0.5, 0.6) is 0 Å². The minimum atomic E-state index is -0.984. The molecule has 1 heterocycles. The van der Waals surface area contributed by atoms with Gasteiger partial charge in [-0.3, -0.25) is 4.79 Å². The van der Waals surface area contributed by atoms with Crippen molar-refractivity contribution in [3.05, 3.63) is 17.9 Å². The lowest BCUT2D eigenvalue weighted by molar-refractivity contribution is -0.138. The molecule has 0 aliphatic heterocycles. The van der Waals surface area contributed by atoms with Crippen LogP contribution in [0.4, 0.5) is 5.88 Å². The molecule has 5 nitrogen and oxygen atoms in total. The number of hydrogen-bond donors (Lipinski definition) is 3. The number of aliphatic carboxylic acids is 1. The molecule has 4 N–H and O–H groups in total. The minimum Gasteiger partial charge on any atom is -0.480 e. The lowest BCUT2D eigenvalue weighted by atomic mass is 10.2. The molecule has 0 radical (unpaired) electrons. The molecule has 0 saturated carbocycles. The van der Waals surface area contributed by atoms with Crippen molar-refractivity contribution in [3.63, 3.8) is 0 Å². The SMILES string of the molecule is Cc1ccc(NCCC(N)C(=O)O)o1. The number of nitrogens with two attached hydrogens (primary N) is 1. The largest absolute Gasteiger partial charge is 0.480 e. The van der Waals surface area contributed by atoms with Gasteiger partial charge in [0, 0.05) is 12.6 Å². The molecule has 0 bridgehead atoms. The van der Waals surface area contributed by atoms with Gasteiger partial charge in [0.15, 0.2) is 5.88 Å². The van der Waals surface area contributed by atoms with Gasteiger partial charge in [0.2, 0.25) is 0 Å². The van der Waals surface area contributed by atoms with E-state index in [2.05, 4.69) is 5.32 Å². The van der Waals surface area contributed by atoms with Crippen molar-refractivity contribution in [2.45, 2.75) is 19.4 Å². The average molecular weight is 198 g/mol. The molecule has 1 unspecified atom stereocenters. The van der Waals surface area contributed by atoms with Gasteiger partial charge in [-0.1, -0.05) is 0 Å². The Labute approximate surface area is 81.9 Å². The van der Waals surface area contributed by atoms with Gasteiger partial charge in [0.25, 0.3) is 0 Å². The van der Waals surface area contributed by atoms with E-state index in [1.807, 2.05) is 13.0 Å². The molecule has 0 aromatic carbocycles. The van der Waals surface area contributed by atoms with E-state index < -0.39 is 12.0 Å². The van der Waals surface area contributed by atoms with Gasteiger partial charge in [-0.05, 0) is 19.4 Å². The highest BCUT2D eigenvalue weighted by Gasteiger charge is 2.10. The van der Waals surface area contributed by atoms with Crippen LogP contribution in [0.25, 0.3) is 0 Å². The summed E-state index contributed by atoms with van der Waals surface area (Å²) in [7, 11) is 0. The third-order valence-corrected chi connectivity index (χ3v) is 1.81. The highest BCUT2D eigenvalue weighted by atomic mass is 16.4. The summed E-state index contributed by atoms with van der Waals surface area (Å²) < 4.78 is 5.23. The van der Waals surface area contributed by atoms with Crippen LogP contribution in [-0.4, -0.2) is 23.7 Å².